The van der Waals surface area contributed by atoms with Crippen molar-refractivity contribution >= 4 is 13.5 Å². The topological polar surface area (TPSA) is 73.9 Å². The van der Waals surface area contributed by atoms with Crippen LogP contribution in [0, 0.1) is 5.92 Å². The Bertz CT molecular complexity index is 775. The molecule has 1 aliphatic carbocycles. The molecule has 0 bridgehead atoms. The standard InChI is InChI=1S/C24H40NO5P/c1-8-10-21-11-9-12-22(18(6)20-13-14-20)23(21)30-31(27,15-28-16(2)3)25-19(7)24(26)29-17(4)5/h9,11-12,16-20H,8,10,13-15H2,1-7H3,(H,25,27)/t18-,19+,31?/m1/s1. The molecule has 1 fully saturated rings. The van der Waals surface area contributed by atoms with Crippen LogP contribution in [0.4, 0.5) is 0 Å². The van der Waals surface area contributed by atoms with Crippen molar-refractivity contribution in [2.75, 3.05) is 6.35 Å². The molecule has 0 aromatic heterocycles. The van der Waals surface area contributed by atoms with Gasteiger partial charge in [-0.05, 0) is 76.8 Å². The van der Waals surface area contributed by atoms with Crippen molar-refractivity contribution < 1.29 is 23.4 Å². The highest BCUT2D eigenvalue weighted by molar-refractivity contribution is 7.57. The number of ether oxygens (including phenoxy) is 2. The molecule has 1 aliphatic rings. The molecule has 0 amide bonds. The summed E-state index contributed by atoms with van der Waals surface area (Å²) in [5, 5.41) is 2.92. The maximum atomic E-state index is 13.9. The summed E-state index contributed by atoms with van der Waals surface area (Å²) >= 11 is 0. The van der Waals surface area contributed by atoms with E-state index in [1.54, 1.807) is 20.8 Å². The first-order valence-corrected chi connectivity index (χ1v) is 13.4. The number of carbonyl (C=O) groups excluding carboxylic acids is 1. The second-order valence-electron chi connectivity index (χ2n) is 9.16. The van der Waals surface area contributed by atoms with E-state index in [1.807, 2.05) is 19.9 Å². The van der Waals surface area contributed by atoms with Crippen LogP contribution < -0.4 is 9.61 Å². The predicted octanol–water partition coefficient (Wildman–Crippen LogP) is 6.04. The lowest BCUT2D eigenvalue weighted by atomic mass is 9.92. The van der Waals surface area contributed by atoms with Crippen LogP contribution in [-0.4, -0.2) is 30.6 Å². The molecule has 6 nitrogen and oxygen atoms in total. The van der Waals surface area contributed by atoms with Gasteiger partial charge < -0.3 is 14.0 Å². The average Bonchev–Trinajstić information content (AvgIpc) is 3.52. The fourth-order valence-corrected chi connectivity index (χ4v) is 5.45. The zero-order valence-corrected chi connectivity index (χ0v) is 21.0. The van der Waals surface area contributed by atoms with Crippen molar-refractivity contribution in [1.29, 1.82) is 0 Å². The number of rotatable bonds is 13. The monoisotopic (exact) mass is 453 g/mol. The molecule has 2 rings (SSSR count). The van der Waals surface area contributed by atoms with Crippen molar-refractivity contribution in [1.82, 2.24) is 5.09 Å². The van der Waals surface area contributed by atoms with Crippen LogP contribution in [-0.2, 0) is 25.3 Å². The zero-order valence-electron chi connectivity index (χ0n) is 20.1. The van der Waals surface area contributed by atoms with Gasteiger partial charge in [0.1, 0.15) is 18.1 Å². The molecule has 1 N–H and O–H groups in total. The van der Waals surface area contributed by atoms with Crippen molar-refractivity contribution in [3.8, 4) is 5.75 Å². The van der Waals surface area contributed by atoms with Crippen LogP contribution in [0.5, 0.6) is 5.75 Å². The largest absolute Gasteiger partial charge is 0.462 e. The van der Waals surface area contributed by atoms with Gasteiger partial charge in [0.05, 0.1) is 12.2 Å². The first-order chi connectivity index (χ1) is 14.6. The lowest BCUT2D eigenvalue weighted by molar-refractivity contribution is -0.149. The molecule has 1 aromatic carbocycles. The summed E-state index contributed by atoms with van der Waals surface area (Å²) < 4.78 is 31.2. The van der Waals surface area contributed by atoms with E-state index < -0.39 is 19.5 Å². The number of para-hydroxylation sites is 1. The zero-order chi connectivity index (χ0) is 23.2. The molecular formula is C24H40NO5P. The second kappa shape index (κ2) is 11.5. The van der Waals surface area contributed by atoms with Gasteiger partial charge in [0.15, 0.2) is 0 Å². The minimum atomic E-state index is -3.55. The van der Waals surface area contributed by atoms with Gasteiger partial charge in [-0.25, -0.2) is 5.09 Å². The van der Waals surface area contributed by atoms with Crippen molar-refractivity contribution in [2.24, 2.45) is 5.92 Å². The van der Waals surface area contributed by atoms with Crippen molar-refractivity contribution in [2.45, 2.75) is 98.3 Å². The van der Waals surface area contributed by atoms with Crippen LogP contribution in [0.2, 0.25) is 0 Å². The lowest BCUT2D eigenvalue weighted by Gasteiger charge is -2.28. The highest BCUT2D eigenvalue weighted by atomic mass is 31.2. The van der Waals surface area contributed by atoms with E-state index in [2.05, 4.69) is 31.1 Å². The molecule has 1 aromatic rings. The fraction of sp³-hybridized carbons (Fsp3) is 0.708. The summed E-state index contributed by atoms with van der Waals surface area (Å²) in [7, 11) is -3.55. The van der Waals surface area contributed by atoms with Crippen LogP contribution in [0.25, 0.3) is 0 Å². The van der Waals surface area contributed by atoms with E-state index in [4.69, 9.17) is 14.0 Å². The Labute approximate surface area is 187 Å². The third-order valence-electron chi connectivity index (χ3n) is 5.38. The van der Waals surface area contributed by atoms with E-state index in [0.717, 1.165) is 24.0 Å². The van der Waals surface area contributed by atoms with Crippen LogP contribution >= 0.6 is 7.52 Å². The van der Waals surface area contributed by atoms with Gasteiger partial charge in [-0.3, -0.25) is 9.36 Å². The third kappa shape index (κ3) is 7.93. The summed E-state index contributed by atoms with van der Waals surface area (Å²) in [6.45, 7) is 13.3. The van der Waals surface area contributed by atoms with E-state index in [-0.39, 0.29) is 18.6 Å². The predicted molar refractivity (Wildman–Crippen MR) is 125 cm³/mol. The smallest absolute Gasteiger partial charge is 0.342 e. The highest BCUT2D eigenvalue weighted by Crippen LogP contribution is 2.51. The number of esters is 1. The Balaban J connectivity index is 2.36. The normalized spacial score (nSPS) is 18.0. The summed E-state index contributed by atoms with van der Waals surface area (Å²) in [6.07, 6.45) is 3.71. The summed E-state index contributed by atoms with van der Waals surface area (Å²) in [4.78, 5) is 12.4. The molecule has 0 spiro atoms. The van der Waals surface area contributed by atoms with E-state index in [0.29, 0.717) is 17.6 Å². The van der Waals surface area contributed by atoms with E-state index in [9.17, 15) is 9.36 Å². The summed E-state index contributed by atoms with van der Waals surface area (Å²) in [5.41, 5.74) is 2.12. The molecular weight excluding hydrogens is 413 g/mol. The fourth-order valence-electron chi connectivity index (χ4n) is 3.56. The maximum absolute atomic E-state index is 13.9. The van der Waals surface area contributed by atoms with Gasteiger partial charge in [0.2, 0.25) is 0 Å². The number of hydrogen-bond donors (Lipinski definition) is 1. The van der Waals surface area contributed by atoms with Crippen LogP contribution in [0.15, 0.2) is 18.2 Å². The number of aryl methyl sites for hydroxylation is 1. The molecule has 1 saturated carbocycles. The first kappa shape index (κ1) is 25.9. The van der Waals surface area contributed by atoms with Gasteiger partial charge in [0.25, 0.3) is 0 Å². The molecule has 176 valence electrons. The summed E-state index contributed by atoms with van der Waals surface area (Å²) in [5.74, 6) is 1.18. The molecule has 3 atom stereocenters. The minimum absolute atomic E-state index is 0.118. The Morgan fingerprint density at radius 3 is 2.35 bits per heavy atom. The van der Waals surface area contributed by atoms with Gasteiger partial charge in [-0.15, -0.1) is 0 Å². The second-order valence-corrected chi connectivity index (χ2v) is 11.2. The van der Waals surface area contributed by atoms with Gasteiger partial charge in [-0.1, -0.05) is 38.5 Å². The average molecular weight is 454 g/mol. The number of nitrogens with one attached hydrogen (secondary N) is 1. The molecule has 0 aliphatic heterocycles. The Morgan fingerprint density at radius 2 is 1.81 bits per heavy atom. The molecule has 0 heterocycles. The number of benzene rings is 1. The van der Waals surface area contributed by atoms with E-state index in [1.165, 1.54) is 12.8 Å². The SMILES string of the molecule is CCCc1cccc([C@H](C)C2CC2)c1OP(=O)(COC(C)C)N[C@@H](C)C(=O)OC(C)C. The van der Waals surface area contributed by atoms with Crippen LogP contribution in [0.1, 0.15) is 84.8 Å². The Kier molecular flexibility index (Phi) is 9.60. The molecule has 0 radical (unpaired) electrons. The quantitative estimate of drug-likeness (QED) is 0.290. The van der Waals surface area contributed by atoms with E-state index >= 15 is 0 Å². The molecule has 0 saturated heterocycles. The van der Waals surface area contributed by atoms with Gasteiger partial charge in [0, 0.05) is 0 Å². The van der Waals surface area contributed by atoms with Gasteiger partial charge in [-0.2, -0.15) is 0 Å². The highest BCUT2D eigenvalue weighted by Gasteiger charge is 2.36. The number of hydrogen-bond acceptors (Lipinski definition) is 5. The Hall–Kier alpha value is -1.36. The lowest BCUT2D eigenvalue weighted by Crippen LogP contribution is -2.37. The van der Waals surface area contributed by atoms with Crippen molar-refractivity contribution in [3.63, 3.8) is 0 Å². The molecule has 1 unspecified atom stereocenters. The minimum Gasteiger partial charge on any atom is -0.462 e. The summed E-state index contributed by atoms with van der Waals surface area (Å²) in [6, 6.07) is 5.37. The van der Waals surface area contributed by atoms with Crippen LogP contribution in [0.3, 0.4) is 0 Å². The third-order valence-corrected chi connectivity index (χ3v) is 7.13. The number of carbonyl (C=O) groups is 1. The molecule has 7 heteroatoms. The molecule has 31 heavy (non-hydrogen) atoms. The maximum Gasteiger partial charge on any atom is 0.342 e. The van der Waals surface area contributed by atoms with Crippen molar-refractivity contribution in [3.05, 3.63) is 29.3 Å². The van der Waals surface area contributed by atoms with Gasteiger partial charge >= 0.3 is 13.5 Å². The Morgan fingerprint density at radius 1 is 1.13 bits per heavy atom. The first-order valence-electron chi connectivity index (χ1n) is 11.6.